The Labute approximate surface area is 198 Å². The number of likely N-dealkylation sites (tertiary alicyclic amines) is 1. The van der Waals surface area contributed by atoms with Crippen LogP contribution in [0.4, 0.5) is 16.2 Å². The normalized spacial score (nSPS) is 15.7. The third-order valence-electron chi connectivity index (χ3n) is 6.20. The Morgan fingerprint density at radius 1 is 0.706 bits per heavy atom. The monoisotopic (exact) mass is 463 g/mol. The first-order valence-electron chi connectivity index (χ1n) is 11.5. The Morgan fingerprint density at radius 3 is 1.94 bits per heavy atom. The van der Waals surface area contributed by atoms with Crippen LogP contribution in [0.2, 0.25) is 0 Å². The summed E-state index contributed by atoms with van der Waals surface area (Å²) >= 11 is 0. The quantitative estimate of drug-likeness (QED) is 0.683. The zero-order valence-electron chi connectivity index (χ0n) is 19.3. The molecule has 2 aliphatic heterocycles. The summed E-state index contributed by atoms with van der Waals surface area (Å²) in [7, 11) is 0. The van der Waals surface area contributed by atoms with Crippen molar-refractivity contribution in [2.24, 2.45) is 0 Å². The lowest BCUT2D eigenvalue weighted by Crippen LogP contribution is -2.54. The highest BCUT2D eigenvalue weighted by atomic mass is 16.2. The maximum Gasteiger partial charge on any atom is 0.321 e. The molecule has 0 spiro atoms. The van der Waals surface area contributed by atoms with Crippen molar-refractivity contribution in [1.29, 1.82) is 0 Å². The summed E-state index contributed by atoms with van der Waals surface area (Å²) < 4.78 is 0. The van der Waals surface area contributed by atoms with E-state index in [-0.39, 0.29) is 11.9 Å². The van der Waals surface area contributed by atoms with Gasteiger partial charge in [-0.25, -0.2) is 4.79 Å². The topological polar surface area (TPSA) is 102 Å². The van der Waals surface area contributed by atoms with Crippen molar-refractivity contribution < 1.29 is 19.2 Å². The predicted molar refractivity (Wildman–Crippen MR) is 129 cm³/mol. The molecule has 9 heteroatoms. The van der Waals surface area contributed by atoms with E-state index in [1.54, 1.807) is 40.1 Å². The van der Waals surface area contributed by atoms with Crippen molar-refractivity contribution in [2.45, 2.75) is 19.8 Å². The van der Waals surface area contributed by atoms with Gasteiger partial charge in [0, 0.05) is 56.2 Å². The molecule has 4 rings (SSSR count). The van der Waals surface area contributed by atoms with Gasteiger partial charge in [0.25, 0.3) is 5.91 Å². The molecule has 2 saturated heterocycles. The minimum Gasteiger partial charge on any atom is -0.334 e. The van der Waals surface area contributed by atoms with Crippen molar-refractivity contribution in [3.05, 3.63) is 59.7 Å². The van der Waals surface area contributed by atoms with Gasteiger partial charge in [0.05, 0.1) is 0 Å². The SMILES string of the molecule is Cc1ccc(C(=O)Nc2ccccc2)cc1NC(=O)N1CCN(C(=O)C(=O)N2CCCC2)CC1. The van der Waals surface area contributed by atoms with E-state index in [4.69, 9.17) is 0 Å². The van der Waals surface area contributed by atoms with Crippen LogP contribution >= 0.6 is 0 Å². The molecule has 9 nitrogen and oxygen atoms in total. The third kappa shape index (κ3) is 5.36. The number of urea groups is 1. The zero-order valence-corrected chi connectivity index (χ0v) is 19.3. The number of nitrogens with zero attached hydrogens (tertiary/aromatic N) is 3. The molecule has 2 N–H and O–H groups in total. The molecule has 0 aromatic heterocycles. The average Bonchev–Trinajstić information content (AvgIpc) is 3.40. The van der Waals surface area contributed by atoms with Crippen molar-refractivity contribution >= 4 is 35.1 Å². The number of carbonyl (C=O) groups excluding carboxylic acids is 4. The smallest absolute Gasteiger partial charge is 0.321 e. The molecule has 0 atom stereocenters. The third-order valence-corrected chi connectivity index (χ3v) is 6.20. The molecule has 2 fully saturated rings. The molecule has 0 unspecified atom stereocenters. The van der Waals surface area contributed by atoms with Crippen molar-refractivity contribution in [3.8, 4) is 0 Å². The molecule has 0 radical (unpaired) electrons. The lowest BCUT2D eigenvalue weighted by atomic mass is 10.1. The number of nitrogens with one attached hydrogen (secondary N) is 2. The van der Waals surface area contributed by atoms with E-state index in [2.05, 4.69) is 10.6 Å². The lowest BCUT2D eigenvalue weighted by molar-refractivity contribution is -0.152. The van der Waals surface area contributed by atoms with Crippen LogP contribution in [0.3, 0.4) is 0 Å². The van der Waals surface area contributed by atoms with Gasteiger partial charge in [-0.1, -0.05) is 24.3 Å². The summed E-state index contributed by atoms with van der Waals surface area (Å²) in [6.07, 6.45) is 1.86. The fraction of sp³-hybridized carbons (Fsp3) is 0.360. The van der Waals surface area contributed by atoms with Crippen LogP contribution in [-0.4, -0.2) is 77.7 Å². The Kier molecular flexibility index (Phi) is 7.10. The fourth-order valence-corrected chi connectivity index (χ4v) is 4.12. The van der Waals surface area contributed by atoms with E-state index < -0.39 is 11.8 Å². The molecular weight excluding hydrogens is 434 g/mol. The Hall–Kier alpha value is -3.88. The number of aryl methyl sites for hydroxylation is 1. The summed E-state index contributed by atoms with van der Waals surface area (Å²) in [5.41, 5.74) is 2.50. The van der Waals surface area contributed by atoms with E-state index >= 15 is 0 Å². The molecule has 2 heterocycles. The Morgan fingerprint density at radius 2 is 1.29 bits per heavy atom. The van der Waals surface area contributed by atoms with Crippen molar-refractivity contribution in [1.82, 2.24) is 14.7 Å². The highest BCUT2D eigenvalue weighted by Gasteiger charge is 2.31. The fourth-order valence-electron chi connectivity index (χ4n) is 4.12. The second-order valence-corrected chi connectivity index (χ2v) is 8.56. The number of hydrogen-bond acceptors (Lipinski definition) is 4. The zero-order chi connectivity index (χ0) is 24.1. The average molecular weight is 464 g/mol. The van der Waals surface area contributed by atoms with Crippen LogP contribution in [0.5, 0.6) is 0 Å². The number of hydrogen-bond donors (Lipinski definition) is 2. The molecule has 2 aromatic rings. The van der Waals surface area contributed by atoms with Gasteiger partial charge in [-0.3, -0.25) is 14.4 Å². The molecule has 34 heavy (non-hydrogen) atoms. The van der Waals surface area contributed by atoms with Crippen LogP contribution in [0.15, 0.2) is 48.5 Å². The molecule has 0 saturated carbocycles. The number of amides is 5. The van der Waals surface area contributed by atoms with Crippen LogP contribution < -0.4 is 10.6 Å². The summed E-state index contributed by atoms with van der Waals surface area (Å²) in [5, 5.41) is 5.71. The van der Waals surface area contributed by atoms with Crippen LogP contribution in [0.1, 0.15) is 28.8 Å². The van der Waals surface area contributed by atoms with Gasteiger partial charge >= 0.3 is 17.8 Å². The van der Waals surface area contributed by atoms with Gasteiger partial charge in [-0.05, 0) is 49.6 Å². The van der Waals surface area contributed by atoms with E-state index in [0.717, 1.165) is 18.4 Å². The summed E-state index contributed by atoms with van der Waals surface area (Å²) in [4.78, 5) is 55.0. The van der Waals surface area contributed by atoms with Gasteiger partial charge < -0.3 is 25.3 Å². The largest absolute Gasteiger partial charge is 0.334 e. The molecule has 2 aliphatic rings. The van der Waals surface area contributed by atoms with Crippen LogP contribution in [-0.2, 0) is 9.59 Å². The van der Waals surface area contributed by atoms with Gasteiger partial charge in [0.15, 0.2) is 0 Å². The highest BCUT2D eigenvalue weighted by Crippen LogP contribution is 2.19. The number of carbonyl (C=O) groups is 4. The van der Waals surface area contributed by atoms with Crippen LogP contribution in [0.25, 0.3) is 0 Å². The van der Waals surface area contributed by atoms with Crippen LogP contribution in [0, 0.1) is 6.92 Å². The highest BCUT2D eigenvalue weighted by molar-refractivity contribution is 6.35. The van der Waals surface area contributed by atoms with Gasteiger partial charge in [0.1, 0.15) is 0 Å². The minimum absolute atomic E-state index is 0.267. The minimum atomic E-state index is -0.491. The predicted octanol–water partition coefficient (Wildman–Crippen LogP) is 2.55. The lowest BCUT2D eigenvalue weighted by Gasteiger charge is -2.35. The Bertz CT molecular complexity index is 1070. The van der Waals surface area contributed by atoms with E-state index in [1.807, 2.05) is 25.1 Å². The first-order valence-corrected chi connectivity index (χ1v) is 11.5. The summed E-state index contributed by atoms with van der Waals surface area (Å²) in [6, 6.07) is 14.0. The first kappa shape index (κ1) is 23.3. The maximum absolute atomic E-state index is 12.8. The second kappa shape index (κ2) is 10.4. The number of anilines is 2. The summed E-state index contributed by atoms with van der Waals surface area (Å²) in [5.74, 6) is -1.21. The van der Waals surface area contributed by atoms with E-state index in [1.165, 1.54) is 4.90 Å². The van der Waals surface area contributed by atoms with Crippen molar-refractivity contribution in [3.63, 3.8) is 0 Å². The molecule has 2 aromatic carbocycles. The van der Waals surface area contributed by atoms with E-state index in [9.17, 15) is 19.2 Å². The molecule has 0 bridgehead atoms. The van der Waals surface area contributed by atoms with Crippen molar-refractivity contribution in [2.75, 3.05) is 49.9 Å². The molecule has 5 amide bonds. The number of para-hydroxylation sites is 1. The number of rotatable bonds is 3. The second-order valence-electron chi connectivity index (χ2n) is 8.56. The Balaban J connectivity index is 1.33. The standard InChI is InChI=1S/C25H29N5O4/c1-18-9-10-19(22(31)26-20-7-3-2-4-8-20)17-21(18)27-25(34)30-15-13-29(14-16-30)24(33)23(32)28-11-5-6-12-28/h2-4,7-10,17H,5-6,11-16H2,1H3,(H,26,31)(H,27,34). The van der Waals surface area contributed by atoms with Gasteiger partial charge in [-0.2, -0.15) is 0 Å². The van der Waals surface area contributed by atoms with E-state index in [0.29, 0.717) is 56.2 Å². The summed E-state index contributed by atoms with van der Waals surface area (Å²) in [6.45, 7) is 4.41. The molecule has 0 aliphatic carbocycles. The first-order chi connectivity index (χ1) is 16.4. The maximum atomic E-state index is 12.8. The molecule has 178 valence electrons. The molecular formula is C25H29N5O4. The number of piperazine rings is 1. The van der Waals surface area contributed by atoms with Gasteiger partial charge in [0.2, 0.25) is 0 Å². The number of benzene rings is 2. The van der Waals surface area contributed by atoms with Gasteiger partial charge in [-0.15, -0.1) is 0 Å².